The summed E-state index contributed by atoms with van der Waals surface area (Å²) < 4.78 is 5.17. The lowest BCUT2D eigenvalue weighted by molar-refractivity contribution is 0.102. The molecule has 0 spiro atoms. The molecule has 0 aromatic heterocycles. The molecule has 2 aromatic carbocycles. The third kappa shape index (κ3) is 4.38. The van der Waals surface area contributed by atoms with Gasteiger partial charge in [0.15, 0.2) is 6.61 Å². The highest BCUT2D eigenvalue weighted by Gasteiger charge is 2.09. The van der Waals surface area contributed by atoms with Gasteiger partial charge in [-0.1, -0.05) is 29.3 Å². The van der Waals surface area contributed by atoms with Crippen LogP contribution in [0.5, 0.6) is 5.75 Å². The number of carbonyl (C=O) groups excluding carboxylic acids is 1. The molecular formula is C15H10Cl2N2O2. The van der Waals surface area contributed by atoms with E-state index in [0.717, 1.165) is 0 Å². The van der Waals surface area contributed by atoms with Crippen LogP contribution in [0.2, 0.25) is 10.0 Å². The zero-order chi connectivity index (χ0) is 15.2. The van der Waals surface area contributed by atoms with Gasteiger partial charge in [-0.3, -0.25) is 4.79 Å². The Morgan fingerprint density at radius 1 is 1.19 bits per heavy atom. The first-order chi connectivity index (χ1) is 10.1. The highest BCUT2D eigenvalue weighted by Crippen LogP contribution is 2.21. The van der Waals surface area contributed by atoms with Crippen molar-refractivity contribution in [2.75, 3.05) is 11.9 Å². The summed E-state index contributed by atoms with van der Waals surface area (Å²) in [5, 5.41) is 12.0. The van der Waals surface area contributed by atoms with E-state index >= 15 is 0 Å². The fourth-order valence-electron chi connectivity index (χ4n) is 1.67. The average Bonchev–Trinajstić information content (AvgIpc) is 2.44. The number of carbonyl (C=O) groups is 1. The van der Waals surface area contributed by atoms with Crippen LogP contribution in [0.15, 0.2) is 42.5 Å². The molecular weight excluding hydrogens is 311 g/mol. The van der Waals surface area contributed by atoms with Crippen molar-refractivity contribution >= 4 is 34.8 Å². The number of nitriles is 1. The quantitative estimate of drug-likeness (QED) is 0.920. The van der Waals surface area contributed by atoms with E-state index in [-0.39, 0.29) is 12.5 Å². The molecule has 0 bridgehead atoms. The van der Waals surface area contributed by atoms with Crippen LogP contribution in [0.1, 0.15) is 10.4 Å². The smallest absolute Gasteiger partial charge is 0.255 e. The van der Waals surface area contributed by atoms with Gasteiger partial charge in [0.2, 0.25) is 0 Å². The van der Waals surface area contributed by atoms with Gasteiger partial charge in [0, 0.05) is 27.4 Å². The van der Waals surface area contributed by atoms with E-state index in [1.54, 1.807) is 30.3 Å². The first-order valence-electron chi connectivity index (χ1n) is 5.96. The van der Waals surface area contributed by atoms with E-state index in [9.17, 15) is 4.79 Å². The summed E-state index contributed by atoms with van der Waals surface area (Å²) in [5.41, 5.74) is 0.905. The largest absolute Gasteiger partial charge is 0.479 e. The molecule has 1 N–H and O–H groups in total. The second kappa shape index (κ2) is 6.98. The Balaban J connectivity index is 2.14. The van der Waals surface area contributed by atoms with Gasteiger partial charge in [-0.25, -0.2) is 0 Å². The van der Waals surface area contributed by atoms with Crippen molar-refractivity contribution in [3.05, 3.63) is 58.1 Å². The Kier molecular flexibility index (Phi) is 5.04. The number of nitrogens with one attached hydrogen (secondary N) is 1. The van der Waals surface area contributed by atoms with E-state index in [2.05, 4.69) is 5.32 Å². The Morgan fingerprint density at radius 2 is 1.90 bits per heavy atom. The van der Waals surface area contributed by atoms with Crippen molar-refractivity contribution in [1.29, 1.82) is 5.26 Å². The molecule has 0 saturated carbocycles. The van der Waals surface area contributed by atoms with Crippen LogP contribution >= 0.6 is 23.2 Å². The minimum Gasteiger partial charge on any atom is -0.479 e. The normalized spacial score (nSPS) is 9.76. The molecule has 0 saturated heterocycles. The predicted molar refractivity (Wildman–Crippen MR) is 82.0 cm³/mol. The van der Waals surface area contributed by atoms with E-state index in [4.69, 9.17) is 33.2 Å². The third-order valence-corrected chi connectivity index (χ3v) is 2.96. The predicted octanol–water partition coefficient (Wildman–Crippen LogP) is 4.15. The molecule has 21 heavy (non-hydrogen) atoms. The molecule has 1 amide bonds. The van der Waals surface area contributed by atoms with Gasteiger partial charge in [0.05, 0.1) is 0 Å². The number of anilines is 1. The van der Waals surface area contributed by atoms with Gasteiger partial charge in [-0.2, -0.15) is 5.26 Å². The first kappa shape index (κ1) is 15.2. The Bertz CT molecular complexity index is 691. The maximum atomic E-state index is 12.1. The van der Waals surface area contributed by atoms with Crippen LogP contribution in [0, 0.1) is 11.3 Å². The summed E-state index contributed by atoms with van der Waals surface area (Å²) in [6.45, 7) is -0.0543. The minimum absolute atomic E-state index is 0.0543. The highest BCUT2D eigenvalue weighted by molar-refractivity contribution is 6.35. The second-order valence-corrected chi connectivity index (χ2v) is 4.96. The van der Waals surface area contributed by atoms with Crippen molar-refractivity contribution in [3.63, 3.8) is 0 Å². The van der Waals surface area contributed by atoms with Crippen LogP contribution in [0.25, 0.3) is 0 Å². The number of hydrogen-bond donors (Lipinski definition) is 1. The van der Waals surface area contributed by atoms with Crippen LogP contribution in [0.3, 0.4) is 0 Å². The molecule has 0 radical (unpaired) electrons. The van der Waals surface area contributed by atoms with Gasteiger partial charge in [0.25, 0.3) is 5.91 Å². The number of halogens is 2. The summed E-state index contributed by atoms with van der Waals surface area (Å²) in [6, 6.07) is 13.2. The van der Waals surface area contributed by atoms with E-state index in [0.29, 0.717) is 27.0 Å². The summed E-state index contributed by atoms with van der Waals surface area (Å²) in [7, 11) is 0. The molecule has 0 aliphatic rings. The van der Waals surface area contributed by atoms with Crippen molar-refractivity contribution in [1.82, 2.24) is 0 Å². The van der Waals surface area contributed by atoms with Gasteiger partial charge in [-0.05, 0) is 30.3 Å². The summed E-state index contributed by atoms with van der Waals surface area (Å²) in [6.07, 6.45) is 0. The van der Waals surface area contributed by atoms with E-state index < -0.39 is 0 Å². The molecule has 0 unspecified atom stereocenters. The molecule has 106 valence electrons. The van der Waals surface area contributed by atoms with Gasteiger partial charge >= 0.3 is 0 Å². The van der Waals surface area contributed by atoms with E-state index in [1.165, 1.54) is 12.1 Å². The van der Waals surface area contributed by atoms with Crippen LogP contribution in [-0.2, 0) is 0 Å². The number of amides is 1. The molecule has 2 aromatic rings. The highest BCUT2D eigenvalue weighted by atomic mass is 35.5. The third-order valence-electron chi connectivity index (χ3n) is 2.52. The maximum Gasteiger partial charge on any atom is 0.255 e. The average molecular weight is 321 g/mol. The lowest BCUT2D eigenvalue weighted by Gasteiger charge is -2.08. The second-order valence-electron chi connectivity index (χ2n) is 4.09. The van der Waals surface area contributed by atoms with E-state index in [1.807, 2.05) is 6.07 Å². The SMILES string of the molecule is N#CCOc1cccc(NC(=O)c2cc(Cl)cc(Cl)c2)c1. The van der Waals surface area contributed by atoms with Crippen LogP contribution in [0.4, 0.5) is 5.69 Å². The lowest BCUT2D eigenvalue weighted by atomic mass is 10.2. The molecule has 2 rings (SSSR count). The van der Waals surface area contributed by atoms with Crippen LogP contribution in [-0.4, -0.2) is 12.5 Å². The first-order valence-corrected chi connectivity index (χ1v) is 6.71. The molecule has 4 nitrogen and oxygen atoms in total. The Hall–Kier alpha value is -2.22. The van der Waals surface area contributed by atoms with Gasteiger partial charge < -0.3 is 10.1 Å². The fraction of sp³-hybridized carbons (Fsp3) is 0.0667. The molecule has 0 aliphatic carbocycles. The lowest BCUT2D eigenvalue weighted by Crippen LogP contribution is -2.12. The number of rotatable bonds is 4. The van der Waals surface area contributed by atoms with Crippen molar-refractivity contribution < 1.29 is 9.53 Å². The minimum atomic E-state index is -0.336. The topological polar surface area (TPSA) is 62.1 Å². The Morgan fingerprint density at radius 3 is 2.57 bits per heavy atom. The summed E-state index contributed by atoms with van der Waals surface area (Å²) in [5.74, 6) is 0.162. The number of hydrogen-bond acceptors (Lipinski definition) is 3. The Labute approximate surface area is 131 Å². The maximum absolute atomic E-state index is 12.1. The van der Waals surface area contributed by atoms with Crippen molar-refractivity contribution in [2.24, 2.45) is 0 Å². The standard InChI is InChI=1S/C15H10Cl2N2O2/c16-11-6-10(7-12(17)8-11)15(20)19-13-2-1-3-14(9-13)21-5-4-18/h1-3,6-9H,5H2,(H,19,20). The molecule has 6 heteroatoms. The molecule has 0 fully saturated rings. The number of benzene rings is 2. The monoisotopic (exact) mass is 320 g/mol. The molecule has 0 heterocycles. The fourth-order valence-corrected chi connectivity index (χ4v) is 2.19. The van der Waals surface area contributed by atoms with Crippen molar-refractivity contribution in [3.8, 4) is 11.8 Å². The van der Waals surface area contributed by atoms with Gasteiger partial charge in [0.1, 0.15) is 11.8 Å². The zero-order valence-electron chi connectivity index (χ0n) is 10.8. The number of ether oxygens (including phenoxy) is 1. The molecule has 0 atom stereocenters. The van der Waals surface area contributed by atoms with Crippen molar-refractivity contribution in [2.45, 2.75) is 0 Å². The zero-order valence-corrected chi connectivity index (χ0v) is 12.3. The summed E-state index contributed by atoms with van der Waals surface area (Å²) >= 11 is 11.7. The molecule has 0 aliphatic heterocycles. The number of nitrogens with zero attached hydrogens (tertiary/aromatic N) is 1. The van der Waals surface area contributed by atoms with Crippen LogP contribution < -0.4 is 10.1 Å². The van der Waals surface area contributed by atoms with Gasteiger partial charge in [-0.15, -0.1) is 0 Å². The summed E-state index contributed by atoms with van der Waals surface area (Å²) in [4.78, 5) is 12.1.